The number of thioether (sulfide) groups is 1. The van der Waals surface area contributed by atoms with Crippen LogP contribution >= 0.6 is 24.0 Å². The van der Waals surface area contributed by atoms with Crippen molar-refractivity contribution in [2.24, 2.45) is 5.92 Å². The van der Waals surface area contributed by atoms with Crippen LogP contribution < -0.4 is 20.1 Å². The van der Waals surface area contributed by atoms with Crippen LogP contribution in [-0.2, 0) is 4.79 Å². The first-order chi connectivity index (χ1) is 18.2. The summed E-state index contributed by atoms with van der Waals surface area (Å²) in [6.07, 6.45) is 3.48. The molecule has 3 aromatic rings. The summed E-state index contributed by atoms with van der Waals surface area (Å²) in [7, 11) is 1.66. The molecule has 8 nitrogen and oxygen atoms in total. The Bertz CT molecular complexity index is 1470. The van der Waals surface area contributed by atoms with Gasteiger partial charge in [0, 0.05) is 44.6 Å². The summed E-state index contributed by atoms with van der Waals surface area (Å²) in [5.74, 6) is 1.55. The number of carbonyl (C=O) groups is 1. The van der Waals surface area contributed by atoms with E-state index in [1.165, 1.54) is 11.8 Å². The lowest BCUT2D eigenvalue weighted by atomic mass is 10.2. The van der Waals surface area contributed by atoms with Gasteiger partial charge in [0.1, 0.15) is 21.5 Å². The molecule has 198 valence electrons. The number of anilines is 2. The van der Waals surface area contributed by atoms with Crippen LogP contribution in [0.25, 0.3) is 11.7 Å². The summed E-state index contributed by atoms with van der Waals surface area (Å²) in [6.45, 7) is 9.52. The molecular formula is C28H31N5O3S2. The van der Waals surface area contributed by atoms with Crippen LogP contribution in [0.5, 0.6) is 5.75 Å². The molecular weight excluding hydrogens is 518 g/mol. The molecule has 0 bridgehead atoms. The van der Waals surface area contributed by atoms with Crippen molar-refractivity contribution in [1.29, 1.82) is 0 Å². The molecule has 38 heavy (non-hydrogen) atoms. The molecule has 0 N–H and O–H groups in total. The molecule has 0 spiro atoms. The molecule has 4 heterocycles. The molecule has 2 aromatic heterocycles. The first-order valence-electron chi connectivity index (χ1n) is 12.7. The fourth-order valence-electron chi connectivity index (χ4n) is 4.74. The van der Waals surface area contributed by atoms with Crippen molar-refractivity contribution in [2.45, 2.75) is 20.8 Å². The number of methoxy groups -OCH3 is 1. The van der Waals surface area contributed by atoms with E-state index in [0.717, 1.165) is 30.1 Å². The molecule has 2 saturated heterocycles. The molecule has 0 radical (unpaired) electrons. The van der Waals surface area contributed by atoms with E-state index in [0.29, 0.717) is 45.9 Å². The monoisotopic (exact) mass is 549 g/mol. The SMILES string of the molecule is COc1ccc(N2CCN(c3nc4ccc(C)cn4c(=O)c3C=C3SC(=S)N(CC(C)C)C3=O)CC2)cc1. The molecule has 0 atom stereocenters. The standard InChI is InChI=1S/C28H31N5O3S2/c1-18(2)16-33-27(35)23(38-28(33)37)15-22-25(29-24-10-5-19(3)17-32(24)26(22)34)31-13-11-30(12-14-31)20-6-8-21(36-4)9-7-20/h5-10,15,17-18H,11-14,16H2,1-4H3. The zero-order valence-electron chi connectivity index (χ0n) is 22.0. The fraction of sp³-hybridized carbons (Fsp3) is 0.357. The zero-order chi connectivity index (χ0) is 27.0. The lowest BCUT2D eigenvalue weighted by molar-refractivity contribution is -0.122. The Balaban J connectivity index is 1.50. The number of piperazine rings is 1. The van der Waals surface area contributed by atoms with Gasteiger partial charge in [0.25, 0.3) is 11.5 Å². The molecule has 1 amide bonds. The summed E-state index contributed by atoms with van der Waals surface area (Å²) in [5.41, 5.74) is 2.88. The van der Waals surface area contributed by atoms with Gasteiger partial charge in [0.2, 0.25) is 0 Å². The van der Waals surface area contributed by atoms with E-state index in [1.54, 1.807) is 28.7 Å². The number of aromatic nitrogens is 2. The molecule has 2 aliphatic rings. The molecule has 2 fully saturated rings. The van der Waals surface area contributed by atoms with Crippen LogP contribution in [0, 0.1) is 12.8 Å². The van der Waals surface area contributed by atoms with Gasteiger partial charge in [-0.1, -0.05) is 43.9 Å². The Hall–Kier alpha value is -3.37. The maximum absolute atomic E-state index is 13.8. The maximum Gasteiger partial charge on any atom is 0.267 e. The molecule has 2 aliphatic heterocycles. The highest BCUT2D eigenvalue weighted by Crippen LogP contribution is 2.34. The third-order valence-corrected chi connectivity index (χ3v) is 8.08. The van der Waals surface area contributed by atoms with Crippen molar-refractivity contribution in [3.8, 4) is 5.75 Å². The molecule has 1 aromatic carbocycles. The number of pyridine rings is 1. The van der Waals surface area contributed by atoms with Crippen LogP contribution in [0.1, 0.15) is 25.0 Å². The number of benzene rings is 1. The number of hydrogen-bond acceptors (Lipinski definition) is 8. The van der Waals surface area contributed by atoms with E-state index in [-0.39, 0.29) is 17.4 Å². The predicted molar refractivity (Wildman–Crippen MR) is 158 cm³/mol. The van der Waals surface area contributed by atoms with Gasteiger partial charge >= 0.3 is 0 Å². The topological polar surface area (TPSA) is 70.4 Å². The normalized spacial score (nSPS) is 17.4. The van der Waals surface area contributed by atoms with Crippen molar-refractivity contribution < 1.29 is 9.53 Å². The highest BCUT2D eigenvalue weighted by atomic mass is 32.2. The van der Waals surface area contributed by atoms with E-state index in [9.17, 15) is 9.59 Å². The Labute approximate surface area is 231 Å². The minimum Gasteiger partial charge on any atom is -0.497 e. The highest BCUT2D eigenvalue weighted by molar-refractivity contribution is 8.26. The predicted octanol–water partition coefficient (Wildman–Crippen LogP) is 4.20. The third-order valence-electron chi connectivity index (χ3n) is 6.70. The number of nitrogens with zero attached hydrogens (tertiary/aromatic N) is 5. The Morgan fingerprint density at radius 3 is 2.39 bits per heavy atom. The highest BCUT2D eigenvalue weighted by Gasteiger charge is 2.33. The smallest absolute Gasteiger partial charge is 0.267 e. The Morgan fingerprint density at radius 1 is 1.05 bits per heavy atom. The number of carbonyl (C=O) groups excluding carboxylic acids is 1. The maximum atomic E-state index is 13.8. The van der Waals surface area contributed by atoms with Crippen molar-refractivity contribution in [3.05, 3.63) is 69.0 Å². The number of rotatable bonds is 6. The van der Waals surface area contributed by atoms with Gasteiger partial charge in [-0.25, -0.2) is 4.98 Å². The number of fused-ring (bicyclic) bond motifs is 1. The van der Waals surface area contributed by atoms with Crippen LogP contribution in [-0.4, -0.2) is 64.3 Å². The molecule has 0 unspecified atom stereocenters. The van der Waals surface area contributed by atoms with E-state index in [1.807, 2.05) is 45.0 Å². The first-order valence-corrected chi connectivity index (χ1v) is 13.9. The van der Waals surface area contributed by atoms with Crippen LogP contribution in [0.3, 0.4) is 0 Å². The zero-order valence-corrected chi connectivity index (χ0v) is 23.6. The van der Waals surface area contributed by atoms with Gasteiger partial charge in [0.15, 0.2) is 0 Å². The Morgan fingerprint density at radius 2 is 1.74 bits per heavy atom. The molecule has 0 saturated carbocycles. The van der Waals surface area contributed by atoms with E-state index in [4.69, 9.17) is 21.9 Å². The van der Waals surface area contributed by atoms with Gasteiger partial charge < -0.3 is 14.5 Å². The van der Waals surface area contributed by atoms with E-state index < -0.39 is 0 Å². The number of ether oxygens (including phenoxy) is 1. The first kappa shape index (κ1) is 26.2. The molecule has 0 aliphatic carbocycles. The van der Waals surface area contributed by atoms with Gasteiger partial charge in [-0.05, 0) is 54.8 Å². The van der Waals surface area contributed by atoms with Crippen LogP contribution in [0.2, 0.25) is 0 Å². The second-order valence-electron chi connectivity index (χ2n) is 9.95. The summed E-state index contributed by atoms with van der Waals surface area (Å²) in [5, 5.41) is 0. The van der Waals surface area contributed by atoms with Crippen LogP contribution in [0.4, 0.5) is 11.5 Å². The fourth-order valence-corrected chi connectivity index (χ4v) is 5.99. The van der Waals surface area contributed by atoms with E-state index >= 15 is 0 Å². The van der Waals surface area contributed by atoms with Crippen molar-refractivity contribution in [1.82, 2.24) is 14.3 Å². The van der Waals surface area contributed by atoms with Crippen LogP contribution in [0.15, 0.2) is 52.3 Å². The lowest BCUT2D eigenvalue weighted by Crippen LogP contribution is -2.47. The van der Waals surface area contributed by atoms with Crippen molar-refractivity contribution in [3.63, 3.8) is 0 Å². The van der Waals surface area contributed by atoms with Crippen molar-refractivity contribution >= 4 is 57.4 Å². The minimum absolute atomic E-state index is 0.155. The summed E-state index contributed by atoms with van der Waals surface area (Å²) in [4.78, 5) is 38.4. The summed E-state index contributed by atoms with van der Waals surface area (Å²) >= 11 is 6.74. The number of amides is 1. The summed E-state index contributed by atoms with van der Waals surface area (Å²) in [6, 6.07) is 11.8. The van der Waals surface area contributed by atoms with Crippen molar-refractivity contribution in [2.75, 3.05) is 49.6 Å². The number of hydrogen-bond donors (Lipinski definition) is 0. The minimum atomic E-state index is -0.194. The third kappa shape index (κ3) is 5.15. The average molecular weight is 550 g/mol. The average Bonchev–Trinajstić information content (AvgIpc) is 3.17. The van der Waals surface area contributed by atoms with Gasteiger partial charge in [-0.3, -0.25) is 18.9 Å². The van der Waals surface area contributed by atoms with Gasteiger partial charge in [-0.15, -0.1) is 0 Å². The second-order valence-corrected chi connectivity index (χ2v) is 11.6. The molecule has 10 heteroatoms. The quantitative estimate of drug-likeness (QED) is 0.335. The second kappa shape index (κ2) is 10.8. The number of aryl methyl sites for hydroxylation is 1. The largest absolute Gasteiger partial charge is 0.497 e. The Kier molecular flexibility index (Phi) is 7.45. The summed E-state index contributed by atoms with van der Waals surface area (Å²) < 4.78 is 7.37. The number of thiocarbonyl (C=S) groups is 1. The lowest BCUT2D eigenvalue weighted by Gasteiger charge is -2.37. The van der Waals surface area contributed by atoms with E-state index in [2.05, 4.69) is 21.9 Å². The van der Waals surface area contributed by atoms with Gasteiger partial charge in [0.05, 0.1) is 17.6 Å². The molecule has 5 rings (SSSR count). The van der Waals surface area contributed by atoms with Gasteiger partial charge in [-0.2, -0.15) is 0 Å².